The molecule has 6 heteroatoms. The monoisotopic (exact) mass is 289 g/mol. The fourth-order valence-electron chi connectivity index (χ4n) is 2.72. The number of hydrogen-bond acceptors (Lipinski definition) is 1. The Balaban J connectivity index is 2.10. The highest BCUT2D eigenvalue weighted by molar-refractivity contribution is 6.74. The van der Waals surface area contributed by atoms with Gasteiger partial charge in [-0.2, -0.15) is 0 Å². The van der Waals surface area contributed by atoms with Crippen molar-refractivity contribution >= 4 is 12.4 Å². The quantitative estimate of drug-likeness (QED) is 0.595. The summed E-state index contributed by atoms with van der Waals surface area (Å²) in [5.74, 6) is -0.477. The largest absolute Gasteiger partial charge is 0.513 e. The first kappa shape index (κ1) is 15.2. The van der Waals surface area contributed by atoms with Crippen LogP contribution in [0.1, 0.15) is 39.0 Å². The lowest BCUT2D eigenvalue weighted by Crippen LogP contribution is -2.37. The van der Waals surface area contributed by atoms with E-state index >= 15 is 0 Å². The number of ether oxygens (including phenoxy) is 1. The maximum atomic E-state index is 13.0. The van der Waals surface area contributed by atoms with Crippen LogP contribution in [0.15, 0.2) is 18.2 Å². The average Bonchev–Trinajstić information content (AvgIpc) is 2.40. The minimum absolute atomic E-state index is 0.194. The minimum Gasteiger partial charge on any atom is -0.493 e. The molecule has 0 unspecified atom stereocenters. The van der Waals surface area contributed by atoms with Gasteiger partial charge in [-0.3, -0.25) is 0 Å². The number of halogens is 4. The van der Waals surface area contributed by atoms with Gasteiger partial charge in [0.25, 0.3) is 0 Å². The third-order valence-corrected chi connectivity index (χ3v) is 3.99. The molecule has 1 nitrogen and oxygen atoms in total. The Hall–Kier alpha value is -1.20. The van der Waals surface area contributed by atoms with Crippen LogP contribution in [0.25, 0.3) is 0 Å². The van der Waals surface area contributed by atoms with Gasteiger partial charge in [0, 0.05) is 0 Å². The van der Waals surface area contributed by atoms with E-state index in [4.69, 9.17) is 4.74 Å². The summed E-state index contributed by atoms with van der Waals surface area (Å²) in [6.07, 6.45) is 4.39. The molecule has 1 aromatic rings. The second kappa shape index (κ2) is 6.06. The van der Waals surface area contributed by atoms with Gasteiger partial charge >= 0.3 is 6.98 Å². The minimum atomic E-state index is -5.27. The van der Waals surface area contributed by atoms with Crippen molar-refractivity contribution < 1.29 is 22.1 Å². The van der Waals surface area contributed by atoms with E-state index in [-0.39, 0.29) is 11.9 Å². The third-order valence-electron chi connectivity index (χ3n) is 3.99. The Morgan fingerprint density at radius 2 is 1.80 bits per heavy atom. The second-order valence-electron chi connectivity index (χ2n) is 5.43. The molecule has 0 atom stereocenters. The molecule has 0 bridgehead atoms. The van der Waals surface area contributed by atoms with Crippen LogP contribution in [0.2, 0.25) is 0 Å². The lowest BCUT2D eigenvalue weighted by molar-refractivity contribution is 0.130. The van der Waals surface area contributed by atoms with Crippen LogP contribution in [-0.2, 0) is 0 Å². The summed E-state index contributed by atoms with van der Waals surface area (Å²) in [5, 5.41) is 0. The van der Waals surface area contributed by atoms with Crippen LogP contribution >= 0.6 is 0 Å². The molecule has 1 aliphatic carbocycles. The van der Waals surface area contributed by atoms with Crippen LogP contribution in [0.5, 0.6) is 5.75 Å². The topological polar surface area (TPSA) is 9.23 Å². The fraction of sp³-hybridized carbons (Fsp3) is 0.571. The maximum Gasteiger partial charge on any atom is 0.513 e. The van der Waals surface area contributed by atoms with E-state index in [1.54, 1.807) is 0 Å². The molecule has 0 aromatic heterocycles. The molecule has 0 amide bonds. The Labute approximate surface area is 116 Å². The summed E-state index contributed by atoms with van der Waals surface area (Å²) in [6, 6.07) is 2.62. The van der Waals surface area contributed by atoms with Gasteiger partial charge in [-0.25, -0.2) is 4.39 Å². The molecule has 0 saturated heterocycles. The zero-order valence-corrected chi connectivity index (χ0v) is 11.4. The van der Waals surface area contributed by atoms with E-state index in [0.717, 1.165) is 44.2 Å². The standard InChI is InChI=1S/C14H18BF4O/c1-2-10-3-6-12(7-4-10)20-14-8-5-11(16)9-13(14)15(17,18)19/h5,8-10,12H,2-4,6-7H2,1H3/q-1. The summed E-state index contributed by atoms with van der Waals surface area (Å²) in [7, 11) is 0. The summed E-state index contributed by atoms with van der Waals surface area (Å²) < 4.78 is 57.2. The van der Waals surface area contributed by atoms with E-state index in [1.807, 2.05) is 0 Å². The van der Waals surface area contributed by atoms with Crippen molar-refractivity contribution in [3.63, 3.8) is 0 Å². The SMILES string of the molecule is CCC1CCC(Oc2ccc(F)cc2[B-](F)(F)F)CC1. The summed E-state index contributed by atoms with van der Waals surface area (Å²) in [5.41, 5.74) is -0.970. The predicted molar refractivity (Wildman–Crippen MR) is 71.8 cm³/mol. The normalized spacial score (nSPS) is 23.6. The first-order chi connectivity index (χ1) is 9.40. The van der Waals surface area contributed by atoms with E-state index in [2.05, 4.69) is 6.92 Å². The first-order valence-electron chi connectivity index (χ1n) is 7.06. The zero-order valence-electron chi connectivity index (χ0n) is 11.4. The highest BCUT2D eigenvalue weighted by Gasteiger charge is 2.31. The molecule has 1 fully saturated rings. The third kappa shape index (κ3) is 3.67. The fourth-order valence-corrected chi connectivity index (χ4v) is 2.72. The molecule has 1 saturated carbocycles. The highest BCUT2D eigenvalue weighted by atomic mass is 19.4. The van der Waals surface area contributed by atoms with E-state index in [0.29, 0.717) is 12.0 Å². The summed E-state index contributed by atoms with van der Waals surface area (Å²) >= 11 is 0. The van der Waals surface area contributed by atoms with E-state index in [9.17, 15) is 17.3 Å². The summed E-state index contributed by atoms with van der Waals surface area (Å²) in [6.45, 7) is -3.14. The Bertz CT molecular complexity index is 453. The molecule has 0 radical (unpaired) electrons. The molecule has 2 rings (SSSR count). The molecular weight excluding hydrogens is 271 g/mol. The lowest BCUT2D eigenvalue weighted by atomic mass is 9.79. The van der Waals surface area contributed by atoms with Crippen LogP contribution in [0, 0.1) is 11.7 Å². The molecule has 0 heterocycles. The van der Waals surface area contributed by atoms with Gasteiger partial charge in [-0.05, 0) is 49.8 Å². The summed E-state index contributed by atoms with van der Waals surface area (Å²) in [4.78, 5) is 0. The number of hydrogen-bond donors (Lipinski definition) is 0. The molecule has 0 aliphatic heterocycles. The Kier molecular flexibility index (Phi) is 4.61. The smallest absolute Gasteiger partial charge is 0.493 e. The number of rotatable bonds is 4. The van der Waals surface area contributed by atoms with Crippen LogP contribution in [-0.4, -0.2) is 13.1 Å². The zero-order chi connectivity index (χ0) is 14.8. The highest BCUT2D eigenvalue weighted by Crippen LogP contribution is 2.30. The van der Waals surface area contributed by atoms with Crippen LogP contribution in [0.4, 0.5) is 17.3 Å². The van der Waals surface area contributed by atoms with Crippen molar-refractivity contribution in [3.05, 3.63) is 24.0 Å². The van der Waals surface area contributed by atoms with Gasteiger partial charge in [0.1, 0.15) is 5.82 Å². The molecule has 0 N–H and O–H groups in total. The molecule has 112 valence electrons. The predicted octanol–water partition coefficient (Wildman–Crippen LogP) is 4.23. The maximum absolute atomic E-state index is 13.0. The Morgan fingerprint density at radius 3 is 2.35 bits per heavy atom. The van der Waals surface area contributed by atoms with Crippen LogP contribution < -0.4 is 10.2 Å². The molecule has 1 aliphatic rings. The van der Waals surface area contributed by atoms with Crippen molar-refractivity contribution in [1.82, 2.24) is 0 Å². The van der Waals surface area contributed by atoms with E-state index < -0.39 is 18.3 Å². The lowest BCUT2D eigenvalue weighted by Gasteiger charge is -2.30. The number of benzene rings is 1. The van der Waals surface area contributed by atoms with Gasteiger partial charge in [0.05, 0.1) is 11.9 Å². The molecule has 20 heavy (non-hydrogen) atoms. The molecule has 0 spiro atoms. The van der Waals surface area contributed by atoms with Crippen molar-refractivity contribution in [1.29, 1.82) is 0 Å². The molecular formula is C14H18BF4O-. The van der Waals surface area contributed by atoms with Gasteiger partial charge in [0.15, 0.2) is 0 Å². The van der Waals surface area contributed by atoms with Gasteiger partial charge in [0.2, 0.25) is 0 Å². The molecule has 1 aromatic carbocycles. The van der Waals surface area contributed by atoms with E-state index in [1.165, 1.54) is 0 Å². The van der Waals surface area contributed by atoms with Crippen LogP contribution in [0.3, 0.4) is 0 Å². The first-order valence-corrected chi connectivity index (χ1v) is 7.06. The van der Waals surface area contributed by atoms with Gasteiger partial charge in [-0.15, -0.1) is 0 Å². The second-order valence-corrected chi connectivity index (χ2v) is 5.43. The van der Waals surface area contributed by atoms with Crippen molar-refractivity contribution in [2.45, 2.75) is 45.1 Å². The van der Waals surface area contributed by atoms with Gasteiger partial charge < -0.3 is 17.7 Å². The van der Waals surface area contributed by atoms with Crippen molar-refractivity contribution in [2.24, 2.45) is 5.92 Å². The van der Waals surface area contributed by atoms with Gasteiger partial charge in [-0.1, -0.05) is 18.8 Å². The van der Waals surface area contributed by atoms with Crippen molar-refractivity contribution in [2.75, 3.05) is 0 Å². The van der Waals surface area contributed by atoms with Crippen molar-refractivity contribution in [3.8, 4) is 5.75 Å². The average molecular weight is 289 g/mol. The Morgan fingerprint density at radius 1 is 1.15 bits per heavy atom.